The van der Waals surface area contributed by atoms with E-state index in [-0.39, 0.29) is 24.8 Å². The molecule has 274 valence electrons. The molecule has 8 nitrogen and oxygen atoms in total. The molecule has 4 heterocycles. The molecule has 6 aromatic carbocycles. The van der Waals surface area contributed by atoms with Crippen molar-refractivity contribution in [2.75, 3.05) is 23.2 Å². The second-order valence-electron chi connectivity index (χ2n) is 14.3. The fourth-order valence-corrected chi connectivity index (χ4v) is 9.03. The average Bonchev–Trinajstić information content (AvgIpc) is 3.76. The van der Waals surface area contributed by atoms with Gasteiger partial charge in [0.05, 0.1) is 45.8 Å². The van der Waals surface area contributed by atoms with E-state index >= 15 is 9.59 Å². The van der Waals surface area contributed by atoms with Gasteiger partial charge in [0, 0.05) is 10.0 Å². The topological polar surface area (TPSA) is 83.8 Å². The Morgan fingerprint density at radius 3 is 1.23 bits per heavy atom. The van der Waals surface area contributed by atoms with Crippen molar-refractivity contribution in [1.82, 2.24) is 0 Å². The second-order valence-corrected chi connectivity index (χ2v) is 15.2. The third kappa shape index (κ3) is 5.06. The summed E-state index contributed by atoms with van der Waals surface area (Å²) in [5.74, 6) is -0.690. The Morgan fingerprint density at radius 1 is 0.482 bits per heavy atom. The van der Waals surface area contributed by atoms with Gasteiger partial charge >= 0.3 is 0 Å². The molecule has 0 saturated heterocycles. The van der Waals surface area contributed by atoms with E-state index < -0.39 is 22.9 Å². The fourth-order valence-electron chi connectivity index (χ4n) is 8.78. The molecule has 0 saturated carbocycles. The lowest BCUT2D eigenvalue weighted by molar-refractivity contribution is 0.0754. The largest absolute Gasteiger partial charge is 0.490 e. The smallest absolute Gasteiger partial charge is 0.198 e. The number of carbonyl (C=O) groups excluding carboxylic acids is 2. The zero-order valence-corrected chi connectivity index (χ0v) is 31.3. The highest BCUT2D eigenvalue weighted by atomic mass is 35.5. The Labute approximate surface area is 333 Å². The summed E-state index contributed by atoms with van der Waals surface area (Å²) in [6.45, 7) is -0.0223. The zero-order valence-electron chi connectivity index (χ0n) is 29.8. The van der Waals surface area contributed by atoms with E-state index in [9.17, 15) is 0 Å². The van der Waals surface area contributed by atoms with Crippen molar-refractivity contribution < 1.29 is 19.1 Å². The molecule has 2 spiro atoms. The number of Topliss-reactive ketones (excluding diaryl/α,β-unsaturated/α-hetero) is 2. The molecule has 0 N–H and O–H groups in total. The predicted molar refractivity (Wildman–Crippen MR) is 219 cm³/mol. The van der Waals surface area contributed by atoms with Crippen LogP contribution in [-0.2, 0) is 0 Å². The number of para-hydroxylation sites is 2. The zero-order chi connectivity index (χ0) is 38.0. The number of benzene rings is 6. The predicted octanol–water partition coefficient (Wildman–Crippen LogP) is 9.64. The minimum absolute atomic E-state index is 0.0111. The van der Waals surface area contributed by atoms with Gasteiger partial charge in [0.1, 0.15) is 24.7 Å². The standard InChI is InChI=1S/C46H32Cl2N4O4/c47-31-19-23-33(24-20-31)51-45(27-55-37-17-9-7-15-35(37)43(45)53)39(29-11-3-1-4-12-29)41(49-51)42-40(30-13-5-2-6-14-30)46(52(50-42)34-25-21-32(48)22-26-34)28-56-38-18-10-8-16-36(38)44(46)54/h1-26,39-40H,27-28H2. The number of halogens is 2. The number of rotatable bonds is 5. The molecule has 0 aliphatic carbocycles. The SMILES string of the molecule is O=C1c2ccccc2OCC12C(c1ccccc1)C(C1=NN(c3ccc(Cl)cc3)C3(COc4ccccc4C3=O)C1c1ccccc1)=NN2c1ccc(Cl)cc1. The summed E-state index contributed by atoms with van der Waals surface area (Å²) in [6.07, 6.45) is 0. The lowest BCUT2D eigenvalue weighted by Gasteiger charge is -2.44. The molecule has 56 heavy (non-hydrogen) atoms. The number of nitrogens with zero attached hydrogens (tertiary/aromatic N) is 4. The number of anilines is 2. The first-order valence-corrected chi connectivity index (χ1v) is 19.1. The Hall–Kier alpha value is -6.22. The van der Waals surface area contributed by atoms with E-state index in [1.165, 1.54) is 0 Å². The van der Waals surface area contributed by atoms with Crippen LogP contribution in [0.2, 0.25) is 10.0 Å². The van der Waals surface area contributed by atoms with Crippen LogP contribution >= 0.6 is 23.2 Å². The molecule has 4 unspecified atom stereocenters. The fraction of sp³-hybridized carbons (Fsp3) is 0.130. The molecule has 4 aliphatic rings. The summed E-state index contributed by atoms with van der Waals surface area (Å²) in [6, 6.07) is 48.9. The second kappa shape index (κ2) is 13.2. The number of ether oxygens (including phenoxy) is 2. The number of ketones is 2. The Bertz CT molecular complexity index is 2400. The molecule has 4 atom stereocenters. The monoisotopic (exact) mass is 774 g/mol. The van der Waals surface area contributed by atoms with Crippen LogP contribution in [0.25, 0.3) is 0 Å². The van der Waals surface area contributed by atoms with Crippen LogP contribution in [0.1, 0.15) is 43.7 Å². The first-order chi connectivity index (χ1) is 27.4. The first kappa shape index (κ1) is 34.3. The molecule has 4 aliphatic heterocycles. The van der Waals surface area contributed by atoms with E-state index in [1.807, 2.05) is 121 Å². The van der Waals surface area contributed by atoms with E-state index in [1.54, 1.807) is 46.4 Å². The maximum atomic E-state index is 15.4. The van der Waals surface area contributed by atoms with Crippen LogP contribution in [0.4, 0.5) is 11.4 Å². The average molecular weight is 776 g/mol. The van der Waals surface area contributed by atoms with Gasteiger partial charge in [0.25, 0.3) is 0 Å². The first-order valence-electron chi connectivity index (χ1n) is 18.3. The van der Waals surface area contributed by atoms with Gasteiger partial charge in [-0.05, 0) is 83.9 Å². The number of fused-ring (bicyclic) bond motifs is 2. The number of hydrogen-bond acceptors (Lipinski definition) is 8. The van der Waals surface area contributed by atoms with Crippen molar-refractivity contribution in [2.45, 2.75) is 22.9 Å². The summed E-state index contributed by atoms with van der Waals surface area (Å²) in [7, 11) is 0. The summed E-state index contributed by atoms with van der Waals surface area (Å²) in [5.41, 5.74) is 2.13. The van der Waals surface area contributed by atoms with Crippen molar-refractivity contribution in [3.05, 3.63) is 190 Å². The lowest BCUT2D eigenvalue weighted by Crippen LogP contribution is -2.62. The van der Waals surface area contributed by atoms with Crippen molar-refractivity contribution in [2.24, 2.45) is 10.2 Å². The van der Waals surface area contributed by atoms with Gasteiger partial charge in [-0.15, -0.1) is 0 Å². The van der Waals surface area contributed by atoms with Crippen molar-refractivity contribution in [1.29, 1.82) is 0 Å². The maximum absolute atomic E-state index is 15.4. The van der Waals surface area contributed by atoms with Crippen LogP contribution < -0.4 is 19.5 Å². The Kier molecular flexibility index (Phi) is 8.09. The molecule has 0 fully saturated rings. The molecular weight excluding hydrogens is 743 g/mol. The van der Waals surface area contributed by atoms with Crippen molar-refractivity contribution in [3.8, 4) is 11.5 Å². The number of hydrogen-bond donors (Lipinski definition) is 0. The number of hydrazone groups is 2. The molecule has 0 bridgehead atoms. The molecule has 0 radical (unpaired) electrons. The molecular formula is C46H32Cl2N4O4. The molecule has 0 amide bonds. The van der Waals surface area contributed by atoms with Gasteiger partial charge in [-0.2, -0.15) is 10.2 Å². The molecule has 10 heteroatoms. The summed E-state index contributed by atoms with van der Waals surface area (Å²) in [4.78, 5) is 30.9. The lowest BCUT2D eigenvalue weighted by atomic mass is 9.66. The molecule has 10 rings (SSSR count). The van der Waals surface area contributed by atoms with E-state index in [0.29, 0.717) is 55.5 Å². The van der Waals surface area contributed by atoms with Gasteiger partial charge in [-0.25, -0.2) is 10.0 Å². The summed E-state index contributed by atoms with van der Waals surface area (Å²) in [5, 5.41) is 15.6. The minimum atomic E-state index is -1.40. The summed E-state index contributed by atoms with van der Waals surface area (Å²) >= 11 is 12.9. The van der Waals surface area contributed by atoms with Crippen LogP contribution in [0.5, 0.6) is 11.5 Å². The van der Waals surface area contributed by atoms with Crippen LogP contribution in [-0.4, -0.2) is 47.3 Å². The Balaban J connectivity index is 1.27. The molecule has 6 aromatic rings. The molecule has 0 aromatic heterocycles. The van der Waals surface area contributed by atoms with Crippen molar-refractivity contribution >= 4 is 57.6 Å². The van der Waals surface area contributed by atoms with E-state index in [0.717, 1.165) is 11.1 Å². The summed E-state index contributed by atoms with van der Waals surface area (Å²) < 4.78 is 13.1. The van der Waals surface area contributed by atoms with Gasteiger partial charge < -0.3 is 9.47 Å². The third-order valence-corrected chi connectivity index (χ3v) is 11.8. The van der Waals surface area contributed by atoms with E-state index in [2.05, 4.69) is 0 Å². The highest BCUT2D eigenvalue weighted by Gasteiger charge is 2.66. The highest BCUT2D eigenvalue weighted by Crippen LogP contribution is 2.54. The van der Waals surface area contributed by atoms with Crippen molar-refractivity contribution in [3.63, 3.8) is 0 Å². The third-order valence-electron chi connectivity index (χ3n) is 11.3. The quantitative estimate of drug-likeness (QED) is 0.174. The number of carbonyl (C=O) groups is 2. The highest BCUT2D eigenvalue weighted by molar-refractivity contribution is 6.50. The van der Waals surface area contributed by atoms with Crippen LogP contribution in [0.15, 0.2) is 168 Å². The maximum Gasteiger partial charge on any atom is 0.198 e. The van der Waals surface area contributed by atoms with Crippen LogP contribution in [0, 0.1) is 0 Å². The minimum Gasteiger partial charge on any atom is -0.490 e. The van der Waals surface area contributed by atoms with Crippen LogP contribution in [0.3, 0.4) is 0 Å². The van der Waals surface area contributed by atoms with Gasteiger partial charge in [0.2, 0.25) is 0 Å². The normalized spacial score (nSPS) is 23.7. The van der Waals surface area contributed by atoms with Gasteiger partial charge in [0.15, 0.2) is 22.6 Å². The Morgan fingerprint density at radius 2 is 0.839 bits per heavy atom. The van der Waals surface area contributed by atoms with Gasteiger partial charge in [-0.1, -0.05) is 108 Å². The van der Waals surface area contributed by atoms with Gasteiger partial charge in [-0.3, -0.25) is 9.59 Å². The van der Waals surface area contributed by atoms with E-state index in [4.69, 9.17) is 42.9 Å².